The molecule has 0 saturated carbocycles. The molecule has 42 heavy (non-hydrogen) atoms. The number of hydrogen-bond donors (Lipinski definition) is 1. The van der Waals surface area contributed by atoms with Crippen LogP contribution in [0.5, 0.6) is 0 Å². The van der Waals surface area contributed by atoms with Crippen LogP contribution in [0.2, 0.25) is 0 Å². The minimum Gasteiger partial charge on any atom is -0.466 e. The standard InChI is InChI=1S/C39H74O3/c1-4-7-10-13-16-17-18-19-20-21-22-23-24-27-30-33-39(41)42-35-34-38(40)36-37(31-28-25-14-11-8-5-2)32-29-26-15-12-9-6-3/h16-17,19-20,37-38,40H,4-15,18,21-36H2,1-3H3/b17-16-,20-19-/t38-/m1/s1. The number of aliphatic hydroxyl groups is 1. The zero-order chi connectivity index (χ0) is 30.8. The predicted molar refractivity (Wildman–Crippen MR) is 185 cm³/mol. The molecule has 0 heterocycles. The molecular weight excluding hydrogens is 516 g/mol. The highest BCUT2D eigenvalue weighted by Crippen LogP contribution is 2.24. The van der Waals surface area contributed by atoms with Gasteiger partial charge < -0.3 is 9.84 Å². The summed E-state index contributed by atoms with van der Waals surface area (Å²) in [5.74, 6) is 0.518. The van der Waals surface area contributed by atoms with Gasteiger partial charge >= 0.3 is 5.97 Å². The molecule has 0 aromatic rings. The largest absolute Gasteiger partial charge is 0.466 e. The third-order valence-electron chi connectivity index (χ3n) is 8.58. The van der Waals surface area contributed by atoms with Crippen molar-refractivity contribution in [2.75, 3.05) is 6.61 Å². The number of esters is 1. The lowest BCUT2D eigenvalue weighted by atomic mass is 9.89. The summed E-state index contributed by atoms with van der Waals surface area (Å²) < 4.78 is 5.47. The number of carbonyl (C=O) groups is 1. The van der Waals surface area contributed by atoms with E-state index in [4.69, 9.17) is 4.74 Å². The van der Waals surface area contributed by atoms with E-state index in [0.717, 1.165) is 32.1 Å². The first-order chi connectivity index (χ1) is 20.6. The normalized spacial score (nSPS) is 12.7. The second-order valence-electron chi connectivity index (χ2n) is 12.9. The highest BCUT2D eigenvalue weighted by molar-refractivity contribution is 5.69. The lowest BCUT2D eigenvalue weighted by Gasteiger charge is -2.20. The number of unbranched alkanes of at least 4 members (excludes halogenated alkanes) is 18. The van der Waals surface area contributed by atoms with Crippen molar-refractivity contribution in [1.29, 1.82) is 0 Å². The average molecular weight is 591 g/mol. The summed E-state index contributed by atoms with van der Waals surface area (Å²) in [6, 6.07) is 0. The Balaban J connectivity index is 3.90. The molecule has 3 nitrogen and oxygen atoms in total. The van der Waals surface area contributed by atoms with E-state index in [1.54, 1.807) is 0 Å². The summed E-state index contributed by atoms with van der Waals surface area (Å²) in [7, 11) is 0. The van der Waals surface area contributed by atoms with Gasteiger partial charge in [0.25, 0.3) is 0 Å². The van der Waals surface area contributed by atoms with Crippen molar-refractivity contribution < 1.29 is 14.6 Å². The van der Waals surface area contributed by atoms with Gasteiger partial charge in [0.15, 0.2) is 0 Å². The highest BCUT2D eigenvalue weighted by atomic mass is 16.5. The molecule has 0 aromatic carbocycles. The van der Waals surface area contributed by atoms with Gasteiger partial charge in [-0.25, -0.2) is 0 Å². The van der Waals surface area contributed by atoms with Crippen LogP contribution in [0, 0.1) is 5.92 Å². The van der Waals surface area contributed by atoms with Crippen LogP contribution in [0.1, 0.15) is 201 Å². The summed E-state index contributed by atoms with van der Waals surface area (Å²) in [5, 5.41) is 10.7. The summed E-state index contributed by atoms with van der Waals surface area (Å²) in [6.07, 6.45) is 42.3. The minimum atomic E-state index is -0.348. The maximum Gasteiger partial charge on any atom is 0.305 e. The van der Waals surface area contributed by atoms with Crippen molar-refractivity contribution in [2.45, 2.75) is 207 Å². The molecule has 0 saturated heterocycles. The average Bonchev–Trinajstić information content (AvgIpc) is 2.98. The van der Waals surface area contributed by atoms with Gasteiger partial charge in [0, 0.05) is 12.8 Å². The highest BCUT2D eigenvalue weighted by Gasteiger charge is 2.15. The number of hydrogen-bond acceptors (Lipinski definition) is 3. The summed E-state index contributed by atoms with van der Waals surface area (Å²) in [5.41, 5.74) is 0. The van der Waals surface area contributed by atoms with E-state index in [-0.39, 0.29) is 12.1 Å². The van der Waals surface area contributed by atoms with Crippen molar-refractivity contribution in [3.8, 4) is 0 Å². The van der Waals surface area contributed by atoms with Crippen LogP contribution in [0.3, 0.4) is 0 Å². The molecule has 0 aliphatic rings. The molecule has 1 atom stereocenters. The van der Waals surface area contributed by atoms with Crippen molar-refractivity contribution in [2.24, 2.45) is 5.92 Å². The number of carbonyl (C=O) groups excluding carboxylic acids is 1. The van der Waals surface area contributed by atoms with E-state index in [1.165, 1.54) is 135 Å². The first-order valence-corrected chi connectivity index (χ1v) is 18.8. The van der Waals surface area contributed by atoms with E-state index >= 15 is 0 Å². The maximum atomic E-state index is 12.2. The Morgan fingerprint density at radius 2 is 1.02 bits per heavy atom. The van der Waals surface area contributed by atoms with E-state index in [9.17, 15) is 9.90 Å². The van der Waals surface area contributed by atoms with Crippen LogP contribution < -0.4 is 0 Å². The van der Waals surface area contributed by atoms with Gasteiger partial charge in [0.2, 0.25) is 0 Å². The van der Waals surface area contributed by atoms with E-state index < -0.39 is 0 Å². The number of aliphatic hydroxyl groups excluding tert-OH is 1. The first-order valence-electron chi connectivity index (χ1n) is 18.8. The van der Waals surface area contributed by atoms with Crippen LogP contribution in [0.25, 0.3) is 0 Å². The predicted octanol–water partition coefficient (Wildman–Crippen LogP) is 12.6. The second-order valence-corrected chi connectivity index (χ2v) is 12.9. The number of ether oxygens (including phenoxy) is 1. The van der Waals surface area contributed by atoms with Gasteiger partial charge in [0.1, 0.15) is 0 Å². The van der Waals surface area contributed by atoms with Crippen LogP contribution >= 0.6 is 0 Å². The molecule has 0 radical (unpaired) electrons. The van der Waals surface area contributed by atoms with Crippen molar-refractivity contribution in [3.63, 3.8) is 0 Å². The molecule has 0 fully saturated rings. The van der Waals surface area contributed by atoms with Crippen molar-refractivity contribution in [3.05, 3.63) is 24.3 Å². The van der Waals surface area contributed by atoms with Gasteiger partial charge in [-0.05, 0) is 50.9 Å². The van der Waals surface area contributed by atoms with Crippen LogP contribution in [-0.2, 0) is 9.53 Å². The SMILES string of the molecule is CCCCC/C=C\C/C=C\CCCCCCCC(=O)OCC[C@@H](O)CC(CCCCCCCC)CCCCCCCC. The van der Waals surface area contributed by atoms with Crippen molar-refractivity contribution >= 4 is 5.97 Å². The minimum absolute atomic E-state index is 0.0939. The lowest BCUT2D eigenvalue weighted by Crippen LogP contribution is -2.17. The molecule has 0 amide bonds. The molecule has 248 valence electrons. The fraction of sp³-hybridized carbons (Fsp3) is 0.872. The lowest BCUT2D eigenvalue weighted by molar-refractivity contribution is -0.144. The summed E-state index contributed by atoms with van der Waals surface area (Å²) in [4.78, 5) is 12.2. The number of rotatable bonds is 33. The van der Waals surface area contributed by atoms with E-state index in [0.29, 0.717) is 25.4 Å². The topological polar surface area (TPSA) is 46.5 Å². The zero-order valence-corrected chi connectivity index (χ0v) is 28.7. The molecule has 1 N–H and O–H groups in total. The molecule has 0 bridgehead atoms. The Morgan fingerprint density at radius 3 is 1.60 bits per heavy atom. The van der Waals surface area contributed by atoms with Gasteiger partial charge in [-0.1, -0.05) is 167 Å². The number of allylic oxidation sites excluding steroid dienone is 4. The molecular formula is C39H74O3. The summed E-state index contributed by atoms with van der Waals surface area (Å²) >= 11 is 0. The molecule has 3 heteroatoms. The van der Waals surface area contributed by atoms with Gasteiger partial charge in [-0.3, -0.25) is 4.79 Å². The van der Waals surface area contributed by atoms with Gasteiger partial charge in [-0.15, -0.1) is 0 Å². The Morgan fingerprint density at radius 1 is 0.571 bits per heavy atom. The smallest absolute Gasteiger partial charge is 0.305 e. The van der Waals surface area contributed by atoms with E-state index in [1.807, 2.05) is 0 Å². The molecule has 0 unspecified atom stereocenters. The molecule has 0 aliphatic heterocycles. The fourth-order valence-corrected chi connectivity index (χ4v) is 5.77. The van der Waals surface area contributed by atoms with Crippen molar-refractivity contribution in [1.82, 2.24) is 0 Å². The van der Waals surface area contributed by atoms with Crippen LogP contribution in [0.15, 0.2) is 24.3 Å². The summed E-state index contributed by atoms with van der Waals surface area (Å²) in [6.45, 7) is 7.15. The van der Waals surface area contributed by atoms with Crippen LogP contribution in [0.4, 0.5) is 0 Å². The fourth-order valence-electron chi connectivity index (χ4n) is 5.77. The third kappa shape index (κ3) is 31.8. The third-order valence-corrected chi connectivity index (χ3v) is 8.58. The molecule has 0 aromatic heterocycles. The second kappa shape index (κ2) is 34.4. The maximum absolute atomic E-state index is 12.2. The molecule has 0 rings (SSSR count). The van der Waals surface area contributed by atoms with Crippen LogP contribution in [-0.4, -0.2) is 23.8 Å². The quantitative estimate of drug-likeness (QED) is 0.0470. The monoisotopic (exact) mass is 591 g/mol. The Bertz CT molecular complexity index is 580. The van der Waals surface area contributed by atoms with E-state index in [2.05, 4.69) is 45.1 Å². The van der Waals surface area contributed by atoms with Gasteiger partial charge in [-0.2, -0.15) is 0 Å². The Kier molecular flexibility index (Phi) is 33.5. The Labute approximate surface area is 263 Å². The molecule has 0 spiro atoms. The first kappa shape index (κ1) is 40.9. The van der Waals surface area contributed by atoms with Gasteiger partial charge in [0.05, 0.1) is 12.7 Å². The zero-order valence-electron chi connectivity index (χ0n) is 28.7. The Hall–Kier alpha value is -1.09. The molecule has 0 aliphatic carbocycles.